The molecule has 3 heteroatoms. The summed E-state index contributed by atoms with van der Waals surface area (Å²) in [6.07, 6.45) is 16.2. The minimum Gasteiger partial charge on any atom is -0.508 e. The molecule has 0 heterocycles. The van der Waals surface area contributed by atoms with Gasteiger partial charge in [-0.15, -0.1) is 0 Å². The first-order valence-corrected chi connectivity index (χ1v) is 12.0. The van der Waals surface area contributed by atoms with E-state index in [4.69, 9.17) is 0 Å². The quantitative estimate of drug-likeness (QED) is 0.425. The number of allylic oxidation sites excluding steroid dienone is 1. The van der Waals surface area contributed by atoms with Crippen molar-refractivity contribution in [2.24, 2.45) is 5.92 Å². The van der Waals surface area contributed by atoms with Gasteiger partial charge < -0.3 is 10.2 Å². The zero-order valence-corrected chi connectivity index (χ0v) is 20.0. The van der Waals surface area contributed by atoms with Crippen LogP contribution in [0.1, 0.15) is 95.1 Å². The predicted molar refractivity (Wildman–Crippen MR) is 127 cm³/mol. The zero-order chi connectivity index (χ0) is 21.2. The van der Waals surface area contributed by atoms with E-state index in [9.17, 15) is 10.2 Å². The maximum Gasteiger partial charge on any atom is 0.115 e. The van der Waals surface area contributed by atoms with Crippen LogP contribution in [0.2, 0.25) is 0 Å². The average molecular weight is 462 g/mol. The SMILES string of the molecule is C1CCCC1.CCCCC(=C(c1ccc(O)cc1)c1ccc(O)cc1)C1CCCC1.[Fe]. The number of hydrogen-bond acceptors (Lipinski definition) is 2. The number of unbranched alkanes of at least 4 members (excludes halogenated alkanes) is 1. The molecule has 0 unspecified atom stereocenters. The fourth-order valence-electron chi connectivity index (χ4n) is 4.85. The van der Waals surface area contributed by atoms with Crippen LogP contribution in [0, 0.1) is 5.92 Å². The number of hydrogen-bond donors (Lipinski definition) is 2. The molecule has 0 radical (unpaired) electrons. The van der Waals surface area contributed by atoms with Gasteiger partial charge in [0.15, 0.2) is 0 Å². The van der Waals surface area contributed by atoms with E-state index < -0.39 is 0 Å². The molecule has 0 saturated heterocycles. The summed E-state index contributed by atoms with van der Waals surface area (Å²) < 4.78 is 0. The second-order valence-electron chi connectivity index (χ2n) is 8.85. The standard InChI is InChI=1S/C23H28O2.C5H10.Fe/c1-2-3-8-22(17-6-4-5-7-17)23(18-9-13-20(24)14-10-18)19-11-15-21(25)16-12-19;1-2-4-5-3-1;/h9-17,24-25H,2-8H2,1H3;1-5H2;. The van der Waals surface area contributed by atoms with Crippen molar-refractivity contribution < 1.29 is 27.3 Å². The minimum absolute atomic E-state index is 0. The van der Waals surface area contributed by atoms with Crippen LogP contribution in [0.25, 0.3) is 5.57 Å². The Morgan fingerprint density at radius 2 is 1.13 bits per heavy atom. The van der Waals surface area contributed by atoms with Gasteiger partial charge in [0.25, 0.3) is 0 Å². The number of phenolic OH excluding ortho intramolecular Hbond substituents is 2. The number of rotatable bonds is 6. The third-order valence-corrected chi connectivity index (χ3v) is 6.53. The molecule has 4 rings (SSSR count). The largest absolute Gasteiger partial charge is 0.508 e. The van der Waals surface area contributed by atoms with E-state index in [2.05, 4.69) is 6.92 Å². The number of aromatic hydroxyl groups is 2. The molecule has 170 valence electrons. The normalized spacial score (nSPS) is 15.6. The van der Waals surface area contributed by atoms with Crippen LogP contribution in [0.5, 0.6) is 11.5 Å². The van der Waals surface area contributed by atoms with Crippen molar-refractivity contribution in [3.8, 4) is 11.5 Å². The van der Waals surface area contributed by atoms with Crippen molar-refractivity contribution in [3.63, 3.8) is 0 Å². The molecule has 2 aliphatic carbocycles. The van der Waals surface area contributed by atoms with Gasteiger partial charge in [0.2, 0.25) is 0 Å². The Morgan fingerprint density at radius 1 is 0.710 bits per heavy atom. The first-order valence-electron chi connectivity index (χ1n) is 12.0. The van der Waals surface area contributed by atoms with E-state index >= 15 is 0 Å². The van der Waals surface area contributed by atoms with Crippen molar-refractivity contribution in [2.45, 2.75) is 84.0 Å². The van der Waals surface area contributed by atoms with Gasteiger partial charge in [-0.1, -0.05) is 88.1 Å². The summed E-state index contributed by atoms with van der Waals surface area (Å²) >= 11 is 0. The summed E-state index contributed by atoms with van der Waals surface area (Å²) in [6.45, 7) is 2.24. The smallest absolute Gasteiger partial charge is 0.115 e. The van der Waals surface area contributed by atoms with Crippen molar-refractivity contribution >= 4 is 5.57 Å². The Balaban J connectivity index is 0.000000501. The molecule has 2 aliphatic rings. The van der Waals surface area contributed by atoms with Gasteiger partial charge in [0.1, 0.15) is 11.5 Å². The van der Waals surface area contributed by atoms with E-state index in [1.54, 1.807) is 29.8 Å². The predicted octanol–water partition coefficient (Wildman–Crippen LogP) is 8.23. The van der Waals surface area contributed by atoms with Crippen molar-refractivity contribution in [1.82, 2.24) is 0 Å². The Bertz CT molecular complexity index is 728. The molecule has 0 spiro atoms. The molecule has 0 aromatic heterocycles. The molecule has 2 aromatic carbocycles. The molecule has 2 N–H and O–H groups in total. The second-order valence-corrected chi connectivity index (χ2v) is 8.85. The number of benzene rings is 2. The minimum atomic E-state index is 0. The first kappa shape index (κ1) is 25.6. The fourth-order valence-corrected chi connectivity index (χ4v) is 4.85. The molecule has 2 aromatic rings. The summed E-state index contributed by atoms with van der Waals surface area (Å²) in [6, 6.07) is 15.1. The summed E-state index contributed by atoms with van der Waals surface area (Å²) in [7, 11) is 0. The fraction of sp³-hybridized carbons (Fsp3) is 0.500. The van der Waals surface area contributed by atoms with Crippen LogP contribution in [0.3, 0.4) is 0 Å². The summed E-state index contributed by atoms with van der Waals surface area (Å²) in [4.78, 5) is 0. The molecule has 31 heavy (non-hydrogen) atoms. The molecular formula is C28H38FeO2. The average Bonchev–Trinajstić information content (AvgIpc) is 3.50. The van der Waals surface area contributed by atoms with Gasteiger partial charge in [0.05, 0.1) is 0 Å². The molecule has 2 saturated carbocycles. The van der Waals surface area contributed by atoms with Gasteiger partial charge in [-0.2, -0.15) is 0 Å². The summed E-state index contributed by atoms with van der Waals surface area (Å²) in [5.74, 6) is 1.25. The third kappa shape index (κ3) is 7.74. The topological polar surface area (TPSA) is 40.5 Å². The van der Waals surface area contributed by atoms with Gasteiger partial charge in [-0.25, -0.2) is 0 Å². The van der Waals surface area contributed by atoms with Gasteiger partial charge in [-0.3, -0.25) is 0 Å². The van der Waals surface area contributed by atoms with Gasteiger partial charge in [0, 0.05) is 17.1 Å². The van der Waals surface area contributed by atoms with Crippen molar-refractivity contribution in [3.05, 3.63) is 65.2 Å². The molecule has 2 fully saturated rings. The second kappa shape index (κ2) is 13.7. The zero-order valence-electron chi connectivity index (χ0n) is 18.9. The third-order valence-electron chi connectivity index (χ3n) is 6.53. The Hall–Kier alpha value is -1.70. The molecule has 0 bridgehead atoms. The molecule has 2 nitrogen and oxygen atoms in total. The summed E-state index contributed by atoms with van der Waals surface area (Å²) in [5.41, 5.74) is 5.15. The van der Waals surface area contributed by atoms with Crippen LogP contribution >= 0.6 is 0 Å². The van der Waals surface area contributed by atoms with E-state index in [1.807, 2.05) is 24.3 Å². The molecule has 0 aliphatic heterocycles. The maximum atomic E-state index is 9.69. The van der Waals surface area contributed by atoms with Crippen LogP contribution in [0.15, 0.2) is 54.1 Å². The van der Waals surface area contributed by atoms with E-state index in [0.717, 1.165) is 17.5 Å². The molecule has 0 atom stereocenters. The Labute approximate surface area is 199 Å². The van der Waals surface area contributed by atoms with Gasteiger partial charge in [-0.05, 0) is 72.6 Å². The Kier molecular flexibility index (Phi) is 11.3. The van der Waals surface area contributed by atoms with E-state index in [1.165, 1.54) is 76.2 Å². The van der Waals surface area contributed by atoms with Crippen LogP contribution in [-0.2, 0) is 17.1 Å². The Morgan fingerprint density at radius 3 is 1.52 bits per heavy atom. The molecule has 0 amide bonds. The number of phenols is 2. The van der Waals surface area contributed by atoms with Crippen molar-refractivity contribution in [2.75, 3.05) is 0 Å². The van der Waals surface area contributed by atoms with E-state index in [0.29, 0.717) is 17.4 Å². The van der Waals surface area contributed by atoms with Crippen LogP contribution < -0.4 is 0 Å². The van der Waals surface area contributed by atoms with Crippen molar-refractivity contribution in [1.29, 1.82) is 0 Å². The van der Waals surface area contributed by atoms with Crippen LogP contribution in [0.4, 0.5) is 0 Å². The molecular weight excluding hydrogens is 424 g/mol. The van der Waals surface area contributed by atoms with Crippen LogP contribution in [-0.4, -0.2) is 10.2 Å². The van der Waals surface area contributed by atoms with E-state index in [-0.39, 0.29) is 17.1 Å². The maximum absolute atomic E-state index is 9.69. The first-order chi connectivity index (χ1) is 14.7. The van der Waals surface area contributed by atoms with Gasteiger partial charge >= 0.3 is 0 Å². The summed E-state index contributed by atoms with van der Waals surface area (Å²) in [5, 5.41) is 19.4. The monoisotopic (exact) mass is 462 g/mol.